The average Bonchev–Trinajstić information content (AvgIpc) is 2.42. The van der Waals surface area contributed by atoms with Gasteiger partial charge in [-0.3, -0.25) is 4.79 Å². The van der Waals surface area contributed by atoms with Crippen molar-refractivity contribution in [2.75, 3.05) is 20.8 Å². The second kappa shape index (κ2) is 7.14. The van der Waals surface area contributed by atoms with Crippen LogP contribution in [0.5, 0.6) is 5.75 Å². The van der Waals surface area contributed by atoms with Crippen LogP contribution in [0.2, 0.25) is 0 Å². The number of benzene rings is 1. The lowest BCUT2D eigenvalue weighted by Crippen LogP contribution is -2.36. The maximum Gasteiger partial charge on any atom is 0.419 e. The number of ether oxygens (including phenoxy) is 2. The molecule has 4 nitrogen and oxygen atoms in total. The van der Waals surface area contributed by atoms with E-state index in [-0.39, 0.29) is 18.8 Å². The number of para-hydroxylation sites is 1. The Morgan fingerprint density at radius 1 is 1.35 bits per heavy atom. The van der Waals surface area contributed by atoms with Crippen molar-refractivity contribution in [3.05, 3.63) is 29.8 Å². The van der Waals surface area contributed by atoms with Gasteiger partial charge in [-0.25, -0.2) is 0 Å². The van der Waals surface area contributed by atoms with Crippen LogP contribution >= 0.6 is 0 Å². The molecule has 7 heteroatoms. The number of carbonyl (C=O) groups is 1. The highest BCUT2D eigenvalue weighted by molar-refractivity contribution is 5.75. The Bertz CT molecular complexity index is 449. The van der Waals surface area contributed by atoms with Gasteiger partial charge in [-0.2, -0.15) is 13.2 Å². The third-order valence-electron chi connectivity index (χ3n) is 2.69. The number of esters is 1. The molecule has 1 unspecified atom stereocenters. The summed E-state index contributed by atoms with van der Waals surface area (Å²) in [6.45, 7) is -0.0340. The fraction of sp³-hybridized carbons (Fsp3) is 0.462. The van der Waals surface area contributed by atoms with Crippen LogP contribution in [0.25, 0.3) is 0 Å². The molecule has 0 spiro atoms. The van der Waals surface area contributed by atoms with Crippen molar-refractivity contribution in [1.29, 1.82) is 0 Å². The highest BCUT2D eigenvalue weighted by Crippen LogP contribution is 2.35. The highest BCUT2D eigenvalue weighted by atomic mass is 19.4. The van der Waals surface area contributed by atoms with E-state index in [1.165, 1.54) is 25.3 Å². The molecule has 0 aliphatic rings. The van der Waals surface area contributed by atoms with Gasteiger partial charge in [0.1, 0.15) is 11.8 Å². The van der Waals surface area contributed by atoms with E-state index in [2.05, 4.69) is 10.1 Å². The first-order valence-electron chi connectivity index (χ1n) is 5.94. The van der Waals surface area contributed by atoms with Gasteiger partial charge in [0.2, 0.25) is 0 Å². The lowest BCUT2D eigenvalue weighted by molar-refractivity contribution is -0.143. The van der Waals surface area contributed by atoms with Gasteiger partial charge in [0.05, 0.1) is 19.3 Å². The van der Waals surface area contributed by atoms with Gasteiger partial charge in [-0.05, 0) is 19.2 Å². The third-order valence-corrected chi connectivity index (χ3v) is 2.69. The van der Waals surface area contributed by atoms with Gasteiger partial charge in [-0.1, -0.05) is 12.1 Å². The molecular weight excluding hydrogens is 275 g/mol. The summed E-state index contributed by atoms with van der Waals surface area (Å²) in [7, 11) is 2.80. The Morgan fingerprint density at radius 3 is 2.55 bits per heavy atom. The number of hydrogen-bond acceptors (Lipinski definition) is 4. The minimum Gasteiger partial charge on any atom is -0.493 e. The summed E-state index contributed by atoms with van der Waals surface area (Å²) in [4.78, 5) is 11.3. The molecule has 0 saturated heterocycles. The number of carbonyl (C=O) groups excluding carboxylic acids is 1. The molecule has 0 bridgehead atoms. The van der Waals surface area contributed by atoms with Gasteiger partial charge >= 0.3 is 12.1 Å². The number of likely N-dealkylation sites (N-methyl/N-ethyl adjacent to an activating group) is 1. The number of methoxy groups -OCH3 is 1. The van der Waals surface area contributed by atoms with Crippen molar-refractivity contribution in [2.24, 2.45) is 0 Å². The topological polar surface area (TPSA) is 47.6 Å². The highest BCUT2D eigenvalue weighted by Gasteiger charge is 2.34. The summed E-state index contributed by atoms with van der Waals surface area (Å²) in [5.74, 6) is -0.736. The molecule has 1 rings (SSSR count). The Labute approximate surface area is 114 Å². The molecule has 112 valence electrons. The second-order valence-corrected chi connectivity index (χ2v) is 4.00. The fourth-order valence-corrected chi connectivity index (χ4v) is 1.64. The maximum atomic E-state index is 12.7. The van der Waals surface area contributed by atoms with Crippen LogP contribution in [-0.2, 0) is 15.7 Å². The molecule has 0 radical (unpaired) electrons. The van der Waals surface area contributed by atoms with Gasteiger partial charge < -0.3 is 14.8 Å². The van der Waals surface area contributed by atoms with E-state index >= 15 is 0 Å². The number of alkyl halides is 3. The van der Waals surface area contributed by atoms with Crippen LogP contribution < -0.4 is 10.1 Å². The fourth-order valence-electron chi connectivity index (χ4n) is 1.64. The molecule has 20 heavy (non-hydrogen) atoms. The average molecular weight is 291 g/mol. The van der Waals surface area contributed by atoms with Gasteiger partial charge in [-0.15, -0.1) is 0 Å². The van der Waals surface area contributed by atoms with Crippen molar-refractivity contribution in [1.82, 2.24) is 5.32 Å². The predicted molar refractivity (Wildman–Crippen MR) is 66.4 cm³/mol. The van der Waals surface area contributed by atoms with Crippen LogP contribution in [0.1, 0.15) is 12.0 Å². The first-order chi connectivity index (χ1) is 9.40. The van der Waals surface area contributed by atoms with Gasteiger partial charge in [0.15, 0.2) is 0 Å². The summed E-state index contributed by atoms with van der Waals surface area (Å²) in [6.07, 6.45) is -4.27. The van der Waals surface area contributed by atoms with Gasteiger partial charge in [0, 0.05) is 6.42 Å². The molecule has 1 aromatic rings. The Balaban J connectivity index is 2.65. The van der Waals surface area contributed by atoms with Crippen molar-refractivity contribution in [3.63, 3.8) is 0 Å². The molecule has 0 heterocycles. The monoisotopic (exact) mass is 291 g/mol. The maximum absolute atomic E-state index is 12.7. The normalized spacial score (nSPS) is 12.8. The van der Waals surface area contributed by atoms with Crippen LogP contribution in [0.15, 0.2) is 24.3 Å². The summed E-state index contributed by atoms with van der Waals surface area (Å²) >= 11 is 0. The van der Waals surface area contributed by atoms with E-state index in [4.69, 9.17) is 4.74 Å². The molecule has 1 aromatic carbocycles. The van der Waals surface area contributed by atoms with Crippen LogP contribution in [0.3, 0.4) is 0 Å². The summed E-state index contributed by atoms with van der Waals surface area (Å²) in [5, 5.41) is 2.71. The Kier molecular flexibility index (Phi) is 5.82. The predicted octanol–water partition coefficient (Wildman–Crippen LogP) is 2.24. The Morgan fingerprint density at radius 2 is 2.00 bits per heavy atom. The van der Waals surface area contributed by atoms with Crippen LogP contribution in [0, 0.1) is 0 Å². The SMILES string of the molecule is CNC(CCOc1ccccc1C(F)(F)F)C(=O)OC. The smallest absolute Gasteiger partial charge is 0.419 e. The minimum atomic E-state index is -4.47. The molecule has 0 fully saturated rings. The van der Waals surface area contributed by atoms with Crippen molar-refractivity contribution in [3.8, 4) is 5.75 Å². The molecule has 1 atom stereocenters. The quantitative estimate of drug-likeness (QED) is 0.817. The van der Waals surface area contributed by atoms with Crippen molar-refractivity contribution < 1.29 is 27.4 Å². The van der Waals surface area contributed by atoms with E-state index in [1.54, 1.807) is 7.05 Å². The lowest BCUT2D eigenvalue weighted by Gasteiger charge is -2.16. The van der Waals surface area contributed by atoms with Crippen LogP contribution in [-0.4, -0.2) is 32.8 Å². The molecule has 0 aromatic heterocycles. The zero-order chi connectivity index (χ0) is 15.2. The van der Waals surface area contributed by atoms with E-state index < -0.39 is 23.8 Å². The zero-order valence-corrected chi connectivity index (χ0v) is 11.2. The lowest BCUT2D eigenvalue weighted by atomic mass is 10.2. The number of halogens is 3. The number of rotatable bonds is 6. The first-order valence-corrected chi connectivity index (χ1v) is 5.94. The summed E-state index contributed by atoms with van der Waals surface area (Å²) < 4.78 is 47.8. The van der Waals surface area contributed by atoms with Gasteiger partial charge in [0.25, 0.3) is 0 Å². The zero-order valence-electron chi connectivity index (χ0n) is 11.2. The first kappa shape index (κ1) is 16.3. The molecule has 0 aliphatic heterocycles. The Hall–Kier alpha value is -1.76. The standard InChI is InChI=1S/C13H16F3NO3/c1-17-10(12(18)19-2)7-8-20-11-6-4-3-5-9(11)13(14,15)16/h3-6,10,17H,7-8H2,1-2H3. The van der Waals surface area contributed by atoms with E-state index in [9.17, 15) is 18.0 Å². The third kappa shape index (κ3) is 4.41. The van der Waals surface area contributed by atoms with Crippen molar-refractivity contribution >= 4 is 5.97 Å². The second-order valence-electron chi connectivity index (χ2n) is 4.00. The number of hydrogen-bond donors (Lipinski definition) is 1. The van der Waals surface area contributed by atoms with E-state index in [0.29, 0.717) is 0 Å². The summed E-state index contributed by atoms with van der Waals surface area (Å²) in [5.41, 5.74) is -0.834. The number of nitrogens with one attached hydrogen (secondary N) is 1. The van der Waals surface area contributed by atoms with Crippen molar-refractivity contribution in [2.45, 2.75) is 18.6 Å². The largest absolute Gasteiger partial charge is 0.493 e. The molecule has 0 aliphatic carbocycles. The molecule has 1 N–H and O–H groups in total. The molecule has 0 amide bonds. The van der Waals surface area contributed by atoms with E-state index in [1.807, 2.05) is 0 Å². The minimum absolute atomic E-state index is 0.0340. The summed E-state index contributed by atoms with van der Waals surface area (Å²) in [6, 6.07) is 4.33. The molecule has 0 saturated carbocycles. The van der Waals surface area contributed by atoms with E-state index in [0.717, 1.165) is 6.07 Å². The van der Waals surface area contributed by atoms with Crippen LogP contribution in [0.4, 0.5) is 13.2 Å². The molecular formula is C13H16F3NO3.